The Hall–Kier alpha value is -1.80. The van der Waals surface area contributed by atoms with Crippen LogP contribution in [0.1, 0.15) is 35.4 Å². The summed E-state index contributed by atoms with van der Waals surface area (Å²) in [6.45, 7) is 0.0790. The van der Waals surface area contributed by atoms with Gasteiger partial charge in [-0.2, -0.15) is 5.26 Å². The van der Waals surface area contributed by atoms with Gasteiger partial charge in [-0.15, -0.1) is 0 Å². The summed E-state index contributed by atoms with van der Waals surface area (Å²) in [5, 5.41) is 20.5. The number of hydrogen-bond acceptors (Lipinski definition) is 3. The van der Waals surface area contributed by atoms with E-state index in [-0.39, 0.29) is 18.6 Å². The van der Waals surface area contributed by atoms with E-state index in [0.29, 0.717) is 23.7 Å². The molecule has 2 rings (SSSR count). The second-order valence-corrected chi connectivity index (χ2v) is 4.33. The predicted octanol–water partition coefficient (Wildman–Crippen LogP) is 0.777. The summed E-state index contributed by atoms with van der Waals surface area (Å²) in [4.78, 5) is 14.6. The van der Waals surface area contributed by atoms with E-state index < -0.39 is 0 Å². The molecule has 0 spiro atoms. The first kappa shape index (κ1) is 11.7. The van der Waals surface area contributed by atoms with Gasteiger partial charge in [0.1, 0.15) is 17.5 Å². The maximum Gasteiger partial charge on any atom is 0.267 e. The van der Waals surface area contributed by atoms with Gasteiger partial charge in [-0.1, -0.05) is 0 Å². The van der Waals surface area contributed by atoms with E-state index in [1.165, 1.54) is 0 Å². The third-order valence-electron chi connectivity index (χ3n) is 3.00. The summed E-state index contributed by atoms with van der Waals surface area (Å²) in [6.07, 6.45) is 2.81. The highest BCUT2D eigenvalue weighted by atomic mass is 16.3. The standard InChI is InChI=1S/C12H15N3O2/c13-7-9-3-4-11(14-9)12(17)15-10(5-6-16)8-1-2-8/h3-4,8,10,14,16H,1-2,5-6H2,(H,15,17). The lowest BCUT2D eigenvalue weighted by Gasteiger charge is -2.16. The van der Waals surface area contributed by atoms with Gasteiger partial charge >= 0.3 is 0 Å². The number of hydrogen-bond donors (Lipinski definition) is 3. The van der Waals surface area contributed by atoms with E-state index in [1.54, 1.807) is 12.1 Å². The molecule has 1 aliphatic carbocycles. The number of aromatic amines is 1. The second-order valence-electron chi connectivity index (χ2n) is 4.33. The number of nitriles is 1. The zero-order valence-corrected chi connectivity index (χ0v) is 9.44. The average molecular weight is 233 g/mol. The van der Waals surface area contributed by atoms with E-state index in [0.717, 1.165) is 12.8 Å². The number of H-pyrrole nitrogens is 1. The van der Waals surface area contributed by atoms with Crippen LogP contribution in [0.25, 0.3) is 0 Å². The van der Waals surface area contributed by atoms with Crippen LogP contribution in [0.15, 0.2) is 12.1 Å². The molecule has 1 saturated carbocycles. The Morgan fingerprint density at radius 2 is 2.41 bits per heavy atom. The number of amides is 1. The van der Waals surface area contributed by atoms with Gasteiger partial charge in [-0.25, -0.2) is 0 Å². The lowest BCUT2D eigenvalue weighted by molar-refractivity contribution is 0.0920. The molecule has 1 unspecified atom stereocenters. The van der Waals surface area contributed by atoms with Crippen LogP contribution in [-0.4, -0.2) is 28.6 Å². The Morgan fingerprint density at radius 1 is 1.65 bits per heavy atom. The molecule has 90 valence electrons. The molecule has 5 heteroatoms. The zero-order valence-electron chi connectivity index (χ0n) is 9.44. The van der Waals surface area contributed by atoms with Crippen LogP contribution in [0.4, 0.5) is 0 Å². The van der Waals surface area contributed by atoms with Crippen molar-refractivity contribution in [3.8, 4) is 6.07 Å². The van der Waals surface area contributed by atoms with Crippen molar-refractivity contribution in [2.24, 2.45) is 5.92 Å². The quantitative estimate of drug-likeness (QED) is 0.702. The monoisotopic (exact) mass is 233 g/mol. The maximum atomic E-state index is 11.9. The Morgan fingerprint density at radius 3 is 2.94 bits per heavy atom. The van der Waals surface area contributed by atoms with Crippen LogP contribution in [0.2, 0.25) is 0 Å². The van der Waals surface area contributed by atoms with Crippen molar-refractivity contribution in [1.82, 2.24) is 10.3 Å². The molecule has 0 aromatic carbocycles. The molecular formula is C12H15N3O2. The summed E-state index contributed by atoms with van der Waals surface area (Å²) < 4.78 is 0. The third kappa shape index (κ3) is 2.86. The van der Waals surface area contributed by atoms with Crippen LogP contribution in [0, 0.1) is 17.2 Å². The SMILES string of the molecule is N#Cc1ccc(C(=O)NC(CCO)C2CC2)[nH]1. The molecule has 1 fully saturated rings. The second kappa shape index (κ2) is 5.02. The molecule has 1 aromatic rings. The minimum Gasteiger partial charge on any atom is -0.396 e. The van der Waals surface area contributed by atoms with Crippen LogP contribution in [0.3, 0.4) is 0 Å². The number of carbonyl (C=O) groups is 1. The first-order chi connectivity index (χ1) is 8.24. The van der Waals surface area contributed by atoms with Gasteiger partial charge in [-0.3, -0.25) is 4.79 Å². The molecule has 0 saturated heterocycles. The molecule has 1 heterocycles. The van der Waals surface area contributed by atoms with Crippen LogP contribution in [-0.2, 0) is 0 Å². The summed E-state index contributed by atoms with van der Waals surface area (Å²) in [5.74, 6) is 0.286. The number of rotatable bonds is 5. The number of nitrogens with zero attached hydrogens (tertiary/aromatic N) is 1. The number of carbonyl (C=O) groups excluding carboxylic acids is 1. The van der Waals surface area contributed by atoms with Crippen molar-refractivity contribution < 1.29 is 9.90 Å². The lowest BCUT2D eigenvalue weighted by atomic mass is 10.1. The van der Waals surface area contributed by atoms with Gasteiger partial charge in [0.05, 0.1) is 0 Å². The van der Waals surface area contributed by atoms with Gasteiger partial charge < -0.3 is 15.4 Å². The van der Waals surface area contributed by atoms with Crippen LogP contribution >= 0.6 is 0 Å². The Labute approximate surface area is 99.5 Å². The first-order valence-electron chi connectivity index (χ1n) is 5.75. The van der Waals surface area contributed by atoms with Crippen LogP contribution < -0.4 is 5.32 Å². The smallest absolute Gasteiger partial charge is 0.267 e. The number of aliphatic hydroxyl groups is 1. The minimum absolute atomic E-state index is 0.0429. The van der Waals surface area contributed by atoms with Gasteiger partial charge in [-0.05, 0) is 37.3 Å². The fourth-order valence-electron chi connectivity index (χ4n) is 1.90. The maximum absolute atomic E-state index is 11.9. The third-order valence-corrected chi connectivity index (χ3v) is 3.00. The number of aliphatic hydroxyl groups excluding tert-OH is 1. The minimum atomic E-state index is -0.211. The Balaban J connectivity index is 1.97. The van der Waals surface area contributed by atoms with E-state index in [4.69, 9.17) is 10.4 Å². The molecule has 5 nitrogen and oxygen atoms in total. The first-order valence-corrected chi connectivity index (χ1v) is 5.75. The van der Waals surface area contributed by atoms with E-state index in [9.17, 15) is 4.79 Å². The van der Waals surface area contributed by atoms with E-state index in [1.807, 2.05) is 6.07 Å². The highest BCUT2D eigenvalue weighted by molar-refractivity contribution is 5.92. The Bertz CT molecular complexity index is 443. The predicted molar refractivity (Wildman–Crippen MR) is 61.2 cm³/mol. The number of nitrogens with one attached hydrogen (secondary N) is 2. The zero-order chi connectivity index (χ0) is 12.3. The highest BCUT2D eigenvalue weighted by Crippen LogP contribution is 2.34. The Kier molecular flexibility index (Phi) is 3.45. The summed E-state index contributed by atoms with van der Waals surface area (Å²) in [5.41, 5.74) is 0.769. The van der Waals surface area contributed by atoms with Crippen molar-refractivity contribution in [2.45, 2.75) is 25.3 Å². The largest absolute Gasteiger partial charge is 0.396 e. The molecule has 1 amide bonds. The van der Waals surface area contributed by atoms with Gasteiger partial charge in [0, 0.05) is 12.6 Å². The van der Waals surface area contributed by atoms with Crippen molar-refractivity contribution in [1.29, 1.82) is 5.26 Å². The van der Waals surface area contributed by atoms with Crippen molar-refractivity contribution >= 4 is 5.91 Å². The van der Waals surface area contributed by atoms with E-state index >= 15 is 0 Å². The van der Waals surface area contributed by atoms with Crippen molar-refractivity contribution in [3.63, 3.8) is 0 Å². The molecule has 1 atom stereocenters. The van der Waals surface area contributed by atoms with Crippen LogP contribution in [0.5, 0.6) is 0 Å². The fourth-order valence-corrected chi connectivity index (χ4v) is 1.90. The van der Waals surface area contributed by atoms with Crippen molar-refractivity contribution in [3.05, 3.63) is 23.5 Å². The molecule has 0 radical (unpaired) electrons. The molecule has 17 heavy (non-hydrogen) atoms. The molecule has 1 aromatic heterocycles. The molecule has 0 bridgehead atoms. The van der Waals surface area contributed by atoms with Crippen molar-refractivity contribution in [2.75, 3.05) is 6.61 Å². The molecule has 3 N–H and O–H groups in total. The fraction of sp³-hybridized carbons (Fsp3) is 0.500. The summed E-state index contributed by atoms with van der Waals surface area (Å²) >= 11 is 0. The van der Waals surface area contributed by atoms with Gasteiger partial charge in [0.2, 0.25) is 0 Å². The van der Waals surface area contributed by atoms with Gasteiger partial charge in [0.25, 0.3) is 5.91 Å². The topological polar surface area (TPSA) is 88.9 Å². The normalized spacial score (nSPS) is 16.2. The highest BCUT2D eigenvalue weighted by Gasteiger charge is 2.32. The average Bonchev–Trinajstić information content (AvgIpc) is 3.06. The number of aromatic nitrogens is 1. The summed E-state index contributed by atoms with van der Waals surface area (Å²) in [6, 6.07) is 5.15. The van der Waals surface area contributed by atoms with E-state index in [2.05, 4.69) is 10.3 Å². The molecular weight excluding hydrogens is 218 g/mol. The lowest BCUT2D eigenvalue weighted by Crippen LogP contribution is -2.37. The van der Waals surface area contributed by atoms with Gasteiger partial charge in [0.15, 0.2) is 0 Å². The molecule has 0 aliphatic heterocycles. The summed E-state index contributed by atoms with van der Waals surface area (Å²) in [7, 11) is 0. The molecule has 1 aliphatic rings.